The minimum atomic E-state index is -0.0532. The van der Waals surface area contributed by atoms with Gasteiger partial charge < -0.3 is 15.4 Å². The van der Waals surface area contributed by atoms with Crippen LogP contribution in [0.2, 0.25) is 0 Å². The Morgan fingerprint density at radius 2 is 2.24 bits per heavy atom. The lowest BCUT2D eigenvalue weighted by molar-refractivity contribution is 0.0735. The number of carbonyl (C=O) groups is 1. The van der Waals surface area contributed by atoms with Crippen molar-refractivity contribution < 1.29 is 9.53 Å². The minimum Gasteiger partial charge on any atom is -0.497 e. The maximum Gasteiger partial charge on any atom is 0.266 e. The second-order valence-electron chi connectivity index (χ2n) is 5.05. The first kappa shape index (κ1) is 15.4. The third-order valence-corrected chi connectivity index (χ3v) is 4.50. The Kier molecular flexibility index (Phi) is 4.53. The lowest BCUT2D eigenvalue weighted by Crippen LogP contribution is -2.36. The molecule has 0 aliphatic heterocycles. The summed E-state index contributed by atoms with van der Waals surface area (Å²) in [5.41, 5.74) is 6.70. The summed E-state index contributed by atoms with van der Waals surface area (Å²) in [5.74, 6) is 0.706. The second kappa shape index (κ2) is 6.18. The third-order valence-electron chi connectivity index (χ3n) is 3.34. The van der Waals surface area contributed by atoms with Crippen molar-refractivity contribution >= 4 is 33.0 Å². The molecule has 0 atom stereocenters. The summed E-state index contributed by atoms with van der Waals surface area (Å²) in [5, 5.41) is 0.895. The van der Waals surface area contributed by atoms with Gasteiger partial charge in [0, 0.05) is 22.7 Å². The Labute approximate surface area is 128 Å². The molecule has 0 radical (unpaired) electrons. The molecule has 1 amide bonds. The molecule has 21 heavy (non-hydrogen) atoms. The Balaban J connectivity index is 2.47. The highest BCUT2D eigenvalue weighted by atomic mass is 32.1. The largest absolute Gasteiger partial charge is 0.497 e. The van der Waals surface area contributed by atoms with Gasteiger partial charge in [-0.15, -0.1) is 17.9 Å². The van der Waals surface area contributed by atoms with Crippen molar-refractivity contribution in [3.63, 3.8) is 0 Å². The zero-order chi connectivity index (χ0) is 15.6. The van der Waals surface area contributed by atoms with E-state index in [9.17, 15) is 4.79 Å². The highest BCUT2D eigenvalue weighted by molar-refractivity contribution is 7.21. The van der Waals surface area contributed by atoms with Crippen LogP contribution < -0.4 is 10.5 Å². The number of methoxy groups -OCH3 is 1. The molecule has 0 saturated carbocycles. The summed E-state index contributed by atoms with van der Waals surface area (Å²) in [7, 11) is 1.62. The molecule has 2 aromatic rings. The number of nitrogen functional groups attached to an aromatic ring is 1. The van der Waals surface area contributed by atoms with Gasteiger partial charge in [0.2, 0.25) is 0 Å². The standard InChI is InChI=1S/C16H20N2O2S/c1-5-8-18(10(2)3)16(19)15-14(17)12-7-6-11(20-4)9-13(12)21-15/h5-7,9-10H,1,8,17H2,2-4H3. The molecule has 2 rings (SSSR count). The van der Waals surface area contributed by atoms with E-state index in [0.29, 0.717) is 17.1 Å². The number of fused-ring (bicyclic) bond motifs is 1. The predicted octanol–water partition coefficient (Wildman–Crippen LogP) is 3.53. The summed E-state index contributed by atoms with van der Waals surface area (Å²) in [6, 6.07) is 5.74. The molecular weight excluding hydrogens is 284 g/mol. The maximum atomic E-state index is 12.7. The molecule has 0 spiro atoms. The van der Waals surface area contributed by atoms with Gasteiger partial charge in [0.15, 0.2) is 0 Å². The maximum absolute atomic E-state index is 12.7. The van der Waals surface area contributed by atoms with Crippen molar-refractivity contribution in [3.05, 3.63) is 35.7 Å². The molecular formula is C16H20N2O2S. The predicted molar refractivity (Wildman–Crippen MR) is 89.2 cm³/mol. The van der Waals surface area contributed by atoms with E-state index >= 15 is 0 Å². The van der Waals surface area contributed by atoms with E-state index in [2.05, 4.69) is 6.58 Å². The van der Waals surface area contributed by atoms with Crippen LogP contribution in [0.15, 0.2) is 30.9 Å². The van der Waals surface area contributed by atoms with Crippen molar-refractivity contribution in [2.75, 3.05) is 19.4 Å². The van der Waals surface area contributed by atoms with E-state index in [1.807, 2.05) is 32.0 Å². The van der Waals surface area contributed by atoms with Crippen molar-refractivity contribution in [2.24, 2.45) is 0 Å². The lowest BCUT2D eigenvalue weighted by atomic mass is 10.2. The van der Waals surface area contributed by atoms with Crippen molar-refractivity contribution in [2.45, 2.75) is 19.9 Å². The Morgan fingerprint density at radius 1 is 1.52 bits per heavy atom. The molecule has 1 heterocycles. The van der Waals surface area contributed by atoms with Crippen LogP contribution in [0, 0.1) is 0 Å². The van der Waals surface area contributed by atoms with Gasteiger partial charge in [-0.05, 0) is 32.0 Å². The Bertz CT molecular complexity index is 676. The smallest absolute Gasteiger partial charge is 0.266 e. The topological polar surface area (TPSA) is 55.6 Å². The van der Waals surface area contributed by atoms with Crippen LogP contribution in [0.3, 0.4) is 0 Å². The van der Waals surface area contributed by atoms with E-state index in [0.717, 1.165) is 15.8 Å². The fourth-order valence-electron chi connectivity index (χ4n) is 2.18. The third kappa shape index (κ3) is 2.88. The second-order valence-corrected chi connectivity index (χ2v) is 6.10. The first-order chi connectivity index (χ1) is 9.99. The number of hydrogen-bond donors (Lipinski definition) is 1. The van der Waals surface area contributed by atoms with Crippen LogP contribution in [0.25, 0.3) is 10.1 Å². The van der Waals surface area contributed by atoms with Gasteiger partial charge in [-0.25, -0.2) is 0 Å². The van der Waals surface area contributed by atoms with Crippen molar-refractivity contribution in [1.82, 2.24) is 4.90 Å². The van der Waals surface area contributed by atoms with Crippen molar-refractivity contribution in [1.29, 1.82) is 0 Å². The number of hydrogen-bond acceptors (Lipinski definition) is 4. The molecule has 0 saturated heterocycles. The average Bonchev–Trinajstić information content (AvgIpc) is 2.80. The number of thiophene rings is 1. The summed E-state index contributed by atoms with van der Waals surface area (Å²) in [6.45, 7) is 8.18. The van der Waals surface area contributed by atoms with Crippen LogP contribution in [0.5, 0.6) is 5.75 Å². The van der Waals surface area contributed by atoms with Gasteiger partial charge in [0.05, 0.1) is 12.8 Å². The number of ether oxygens (including phenoxy) is 1. The van der Waals surface area contributed by atoms with Crippen LogP contribution in [-0.4, -0.2) is 30.5 Å². The highest BCUT2D eigenvalue weighted by Crippen LogP contribution is 2.36. The number of carbonyl (C=O) groups excluding carboxylic acids is 1. The minimum absolute atomic E-state index is 0.0532. The van der Waals surface area contributed by atoms with Crippen LogP contribution in [0.1, 0.15) is 23.5 Å². The Morgan fingerprint density at radius 3 is 2.81 bits per heavy atom. The van der Waals surface area contributed by atoms with Gasteiger partial charge in [-0.2, -0.15) is 0 Å². The number of nitrogens with two attached hydrogens (primary N) is 1. The van der Waals surface area contributed by atoms with Crippen LogP contribution >= 0.6 is 11.3 Å². The zero-order valence-corrected chi connectivity index (χ0v) is 13.4. The van der Waals surface area contributed by atoms with Crippen molar-refractivity contribution in [3.8, 4) is 5.75 Å². The van der Waals surface area contributed by atoms with Gasteiger partial charge in [0.1, 0.15) is 10.6 Å². The van der Waals surface area contributed by atoms with E-state index in [-0.39, 0.29) is 11.9 Å². The molecule has 0 aliphatic rings. The summed E-state index contributed by atoms with van der Waals surface area (Å²) >= 11 is 1.40. The van der Waals surface area contributed by atoms with E-state index in [4.69, 9.17) is 10.5 Å². The normalized spacial score (nSPS) is 10.9. The molecule has 1 aromatic carbocycles. The first-order valence-electron chi connectivity index (χ1n) is 6.77. The summed E-state index contributed by atoms with van der Waals surface area (Å²) < 4.78 is 6.17. The highest BCUT2D eigenvalue weighted by Gasteiger charge is 2.23. The number of benzene rings is 1. The molecule has 0 bridgehead atoms. The number of rotatable bonds is 5. The van der Waals surface area contributed by atoms with Gasteiger partial charge in [-0.3, -0.25) is 4.79 Å². The number of amides is 1. The number of nitrogens with zero attached hydrogens (tertiary/aromatic N) is 1. The molecule has 112 valence electrons. The van der Waals surface area contributed by atoms with Crippen LogP contribution in [-0.2, 0) is 0 Å². The van der Waals surface area contributed by atoms with E-state index < -0.39 is 0 Å². The van der Waals surface area contributed by atoms with Crippen LogP contribution in [0.4, 0.5) is 5.69 Å². The lowest BCUT2D eigenvalue weighted by Gasteiger charge is -2.24. The SMILES string of the molecule is C=CCN(C(=O)c1sc2cc(OC)ccc2c1N)C(C)C. The number of anilines is 1. The molecule has 2 N–H and O–H groups in total. The van der Waals surface area contributed by atoms with E-state index in [1.165, 1.54) is 11.3 Å². The fourth-order valence-corrected chi connectivity index (χ4v) is 3.29. The molecule has 0 aliphatic carbocycles. The molecule has 1 aromatic heterocycles. The zero-order valence-electron chi connectivity index (χ0n) is 12.6. The quantitative estimate of drug-likeness (QED) is 0.860. The monoisotopic (exact) mass is 304 g/mol. The Hall–Kier alpha value is -2.01. The van der Waals surface area contributed by atoms with Gasteiger partial charge >= 0.3 is 0 Å². The molecule has 0 unspecified atom stereocenters. The average molecular weight is 304 g/mol. The fraction of sp³-hybridized carbons (Fsp3) is 0.312. The molecule has 0 fully saturated rings. The molecule has 4 nitrogen and oxygen atoms in total. The van der Waals surface area contributed by atoms with Gasteiger partial charge in [-0.1, -0.05) is 6.08 Å². The van der Waals surface area contributed by atoms with Gasteiger partial charge in [0.25, 0.3) is 5.91 Å². The first-order valence-corrected chi connectivity index (χ1v) is 7.59. The van der Waals surface area contributed by atoms with E-state index in [1.54, 1.807) is 18.1 Å². The molecule has 5 heteroatoms. The summed E-state index contributed by atoms with van der Waals surface area (Å²) in [6.07, 6.45) is 1.73. The summed E-state index contributed by atoms with van der Waals surface area (Å²) in [4.78, 5) is 15.0.